The first-order valence-electron chi connectivity index (χ1n) is 10.9. The van der Waals surface area contributed by atoms with Crippen LogP contribution in [0.3, 0.4) is 0 Å². The van der Waals surface area contributed by atoms with E-state index in [0.717, 1.165) is 45.1 Å². The van der Waals surface area contributed by atoms with Crippen molar-refractivity contribution >= 4 is 34.9 Å². The number of esters is 1. The molecule has 2 rings (SSSR count). The quantitative estimate of drug-likeness (QED) is 0.184. The van der Waals surface area contributed by atoms with Gasteiger partial charge < -0.3 is 25.6 Å². The molecule has 0 aliphatic heterocycles. The molecule has 176 valence electrons. The molecule has 32 heavy (non-hydrogen) atoms. The van der Waals surface area contributed by atoms with Crippen molar-refractivity contribution < 1.29 is 19.4 Å². The molecule has 0 radical (unpaired) electrons. The lowest BCUT2D eigenvalue weighted by atomic mass is 10.1. The second kappa shape index (κ2) is 15.0. The standard InChI is InChI=1S/C24H32Cl2N2O4/c25-20-14-18(15-21(26)24(20)27)22(29)16-28-12-8-3-1-2-4-9-13-31-23(30)17-32-19-10-6-5-7-11-19/h5-7,10-11,14-15,22,28-29H,1-4,8-9,12-13,16-17,27H2. The SMILES string of the molecule is Nc1c(Cl)cc(C(O)CNCCCCCCCCOC(=O)COc2ccccc2)cc1Cl. The predicted octanol–water partition coefficient (Wildman–Crippen LogP) is 5.16. The first kappa shape index (κ1) is 26.3. The fourth-order valence-electron chi connectivity index (χ4n) is 3.10. The lowest BCUT2D eigenvalue weighted by molar-refractivity contribution is -0.146. The summed E-state index contributed by atoms with van der Waals surface area (Å²) in [5, 5.41) is 14.2. The van der Waals surface area contributed by atoms with Crippen LogP contribution in [-0.2, 0) is 9.53 Å². The van der Waals surface area contributed by atoms with Gasteiger partial charge in [0.2, 0.25) is 0 Å². The molecule has 6 nitrogen and oxygen atoms in total. The van der Waals surface area contributed by atoms with Crippen LogP contribution in [0.25, 0.3) is 0 Å². The average molecular weight is 483 g/mol. The van der Waals surface area contributed by atoms with Gasteiger partial charge in [-0.05, 0) is 49.2 Å². The van der Waals surface area contributed by atoms with Gasteiger partial charge in [0, 0.05) is 6.54 Å². The molecule has 0 amide bonds. The van der Waals surface area contributed by atoms with Gasteiger partial charge in [-0.25, -0.2) is 4.79 Å². The Morgan fingerprint density at radius 3 is 2.31 bits per heavy atom. The minimum absolute atomic E-state index is 0.0654. The van der Waals surface area contributed by atoms with E-state index in [1.807, 2.05) is 18.2 Å². The summed E-state index contributed by atoms with van der Waals surface area (Å²) < 4.78 is 10.5. The van der Waals surface area contributed by atoms with Crippen LogP contribution < -0.4 is 15.8 Å². The smallest absolute Gasteiger partial charge is 0.344 e. The Balaban J connectivity index is 1.41. The number of para-hydroxylation sites is 1. The Kier molecular flexibility index (Phi) is 12.3. The fraction of sp³-hybridized carbons (Fsp3) is 0.458. The van der Waals surface area contributed by atoms with Gasteiger partial charge in [-0.1, -0.05) is 67.1 Å². The molecule has 0 spiro atoms. The zero-order valence-electron chi connectivity index (χ0n) is 18.2. The van der Waals surface area contributed by atoms with Crippen LogP contribution in [0.15, 0.2) is 42.5 Å². The van der Waals surface area contributed by atoms with E-state index >= 15 is 0 Å². The minimum atomic E-state index is -0.689. The molecule has 1 unspecified atom stereocenters. The number of hydrogen-bond donors (Lipinski definition) is 3. The van der Waals surface area contributed by atoms with Crippen molar-refractivity contribution in [2.24, 2.45) is 0 Å². The molecule has 0 saturated heterocycles. The molecule has 0 bridgehead atoms. The third-order valence-electron chi connectivity index (χ3n) is 4.93. The molecule has 8 heteroatoms. The molecule has 0 aliphatic carbocycles. The second-order valence-electron chi connectivity index (χ2n) is 7.56. The third-order valence-corrected chi connectivity index (χ3v) is 5.56. The van der Waals surface area contributed by atoms with Gasteiger partial charge in [0.15, 0.2) is 6.61 Å². The number of anilines is 1. The maximum absolute atomic E-state index is 11.6. The number of nitrogen functional groups attached to an aromatic ring is 1. The van der Waals surface area contributed by atoms with Crippen LogP contribution in [0, 0.1) is 0 Å². The largest absolute Gasteiger partial charge is 0.482 e. The number of aliphatic hydroxyl groups is 1. The van der Waals surface area contributed by atoms with Gasteiger partial charge in [0.05, 0.1) is 28.4 Å². The second-order valence-corrected chi connectivity index (χ2v) is 8.38. The van der Waals surface area contributed by atoms with Crippen molar-refractivity contribution in [1.29, 1.82) is 0 Å². The van der Waals surface area contributed by atoms with Crippen molar-refractivity contribution in [3.8, 4) is 5.75 Å². The fourth-order valence-corrected chi connectivity index (χ4v) is 3.60. The zero-order chi connectivity index (χ0) is 23.2. The van der Waals surface area contributed by atoms with E-state index < -0.39 is 6.10 Å². The number of ether oxygens (including phenoxy) is 2. The highest BCUT2D eigenvalue weighted by molar-refractivity contribution is 6.38. The van der Waals surface area contributed by atoms with Gasteiger partial charge in [0.25, 0.3) is 0 Å². The van der Waals surface area contributed by atoms with Gasteiger partial charge in [0.1, 0.15) is 5.75 Å². The highest BCUT2D eigenvalue weighted by atomic mass is 35.5. The minimum Gasteiger partial charge on any atom is -0.482 e. The summed E-state index contributed by atoms with van der Waals surface area (Å²) in [5.41, 5.74) is 6.69. The summed E-state index contributed by atoms with van der Waals surface area (Å²) in [7, 11) is 0. The number of nitrogens with two attached hydrogens (primary N) is 1. The lowest BCUT2D eigenvalue weighted by Gasteiger charge is -2.14. The Morgan fingerprint density at radius 1 is 1.00 bits per heavy atom. The van der Waals surface area contributed by atoms with Crippen LogP contribution in [0.1, 0.15) is 50.2 Å². The monoisotopic (exact) mass is 482 g/mol. The summed E-state index contributed by atoms with van der Waals surface area (Å²) in [6, 6.07) is 12.5. The lowest BCUT2D eigenvalue weighted by Crippen LogP contribution is -2.22. The number of carbonyl (C=O) groups is 1. The van der Waals surface area contributed by atoms with Gasteiger partial charge >= 0.3 is 5.97 Å². The van der Waals surface area contributed by atoms with Gasteiger partial charge in [-0.15, -0.1) is 0 Å². The van der Waals surface area contributed by atoms with Crippen molar-refractivity contribution in [3.05, 3.63) is 58.1 Å². The molecular formula is C24H32Cl2N2O4. The zero-order valence-corrected chi connectivity index (χ0v) is 19.7. The summed E-state index contributed by atoms with van der Waals surface area (Å²) >= 11 is 12.0. The van der Waals surface area contributed by atoms with E-state index in [-0.39, 0.29) is 12.6 Å². The van der Waals surface area contributed by atoms with Gasteiger partial charge in [-0.3, -0.25) is 0 Å². The number of aliphatic hydroxyl groups excluding tert-OH is 1. The van der Waals surface area contributed by atoms with Crippen LogP contribution in [0.4, 0.5) is 5.69 Å². The normalized spacial score (nSPS) is 11.8. The highest BCUT2D eigenvalue weighted by Gasteiger charge is 2.12. The summed E-state index contributed by atoms with van der Waals surface area (Å²) in [4.78, 5) is 11.6. The molecule has 0 aromatic heterocycles. The van der Waals surface area contributed by atoms with Crippen LogP contribution in [0.5, 0.6) is 5.75 Å². The number of nitrogens with one attached hydrogen (secondary N) is 1. The summed E-state index contributed by atoms with van der Waals surface area (Å²) in [6.45, 7) is 1.61. The van der Waals surface area contributed by atoms with Crippen LogP contribution >= 0.6 is 23.2 Å². The first-order chi connectivity index (χ1) is 15.5. The molecule has 0 aliphatic rings. The molecule has 1 atom stereocenters. The number of halogens is 2. The van der Waals surface area contributed by atoms with Crippen molar-refractivity contribution in [2.75, 3.05) is 32.0 Å². The van der Waals surface area contributed by atoms with E-state index in [4.69, 9.17) is 38.4 Å². The summed E-state index contributed by atoms with van der Waals surface area (Å²) in [6.07, 6.45) is 5.55. The Morgan fingerprint density at radius 2 is 1.62 bits per heavy atom. The molecule has 2 aromatic carbocycles. The maximum atomic E-state index is 11.6. The Hall–Kier alpha value is -1.99. The molecule has 0 fully saturated rings. The van der Waals surface area contributed by atoms with Gasteiger partial charge in [-0.2, -0.15) is 0 Å². The number of unbranched alkanes of at least 4 members (excludes halogenated alkanes) is 5. The number of carbonyl (C=O) groups excluding carboxylic acids is 1. The topological polar surface area (TPSA) is 93.8 Å². The Labute approximate surface area is 200 Å². The highest BCUT2D eigenvalue weighted by Crippen LogP contribution is 2.31. The molecule has 0 heterocycles. The summed E-state index contributed by atoms with van der Waals surface area (Å²) in [5.74, 6) is 0.318. The predicted molar refractivity (Wildman–Crippen MR) is 129 cm³/mol. The van der Waals surface area contributed by atoms with E-state index in [9.17, 15) is 9.90 Å². The average Bonchev–Trinajstić information content (AvgIpc) is 2.79. The van der Waals surface area contributed by atoms with E-state index in [1.54, 1.807) is 24.3 Å². The first-order valence-corrected chi connectivity index (χ1v) is 11.7. The molecule has 2 aromatic rings. The van der Waals surface area contributed by atoms with Crippen molar-refractivity contribution in [2.45, 2.75) is 44.6 Å². The van der Waals surface area contributed by atoms with E-state index in [0.29, 0.717) is 40.2 Å². The maximum Gasteiger partial charge on any atom is 0.344 e. The molecule has 4 N–H and O–H groups in total. The molecular weight excluding hydrogens is 451 g/mol. The van der Waals surface area contributed by atoms with Crippen molar-refractivity contribution in [1.82, 2.24) is 5.32 Å². The van der Waals surface area contributed by atoms with Crippen molar-refractivity contribution in [3.63, 3.8) is 0 Å². The van der Waals surface area contributed by atoms with E-state index in [2.05, 4.69) is 5.32 Å². The number of hydrogen-bond acceptors (Lipinski definition) is 6. The third kappa shape index (κ3) is 10.1. The van der Waals surface area contributed by atoms with Crippen LogP contribution in [0.2, 0.25) is 10.0 Å². The number of benzene rings is 2. The molecule has 0 saturated carbocycles. The number of rotatable bonds is 15. The van der Waals surface area contributed by atoms with E-state index in [1.165, 1.54) is 0 Å². The Bertz CT molecular complexity index is 798. The van der Waals surface area contributed by atoms with Crippen LogP contribution in [-0.4, -0.2) is 37.4 Å².